The summed E-state index contributed by atoms with van der Waals surface area (Å²) in [4.78, 5) is 2.52. The Hall–Kier alpha value is -6.12. The average Bonchev–Trinajstić information content (AvgIpc) is 3.73. The summed E-state index contributed by atoms with van der Waals surface area (Å²) in [6.07, 6.45) is 7.07. The molecule has 4 bridgehead atoms. The number of para-hydroxylation sites is 2. The van der Waals surface area contributed by atoms with Crippen molar-refractivity contribution in [3.05, 3.63) is 181 Å². The Kier molecular flexibility index (Phi) is 6.37. The molecule has 2 nitrogen and oxygen atoms in total. The molecule has 5 aliphatic carbocycles. The van der Waals surface area contributed by atoms with E-state index >= 15 is 0 Å². The molecule has 0 saturated heterocycles. The van der Waals surface area contributed by atoms with E-state index in [4.69, 9.17) is 0 Å². The molecular formula is C54H42N2. The molecule has 2 heteroatoms. The highest BCUT2D eigenvalue weighted by atomic mass is 15.1. The number of hydrogen-bond donors (Lipinski definition) is 0. The molecule has 8 aromatic carbocycles. The predicted octanol–water partition coefficient (Wildman–Crippen LogP) is 14.3. The lowest BCUT2D eigenvalue weighted by molar-refractivity contribution is -0.0399. The van der Waals surface area contributed by atoms with Crippen molar-refractivity contribution in [3.8, 4) is 16.8 Å². The van der Waals surface area contributed by atoms with Crippen LogP contribution in [0, 0.1) is 23.7 Å². The summed E-state index contributed by atoms with van der Waals surface area (Å²) in [5.74, 6) is 3.37. The van der Waals surface area contributed by atoms with Crippen molar-refractivity contribution in [1.29, 1.82) is 0 Å². The minimum absolute atomic E-state index is 0.158. The fraction of sp³-hybridized carbons (Fsp3) is 0.185. The first-order valence-electron chi connectivity index (χ1n) is 20.8. The second kappa shape index (κ2) is 11.5. The molecule has 0 unspecified atom stereocenters. The first kappa shape index (κ1) is 31.1. The molecule has 0 atom stereocenters. The maximum absolute atomic E-state index is 2.56. The first-order valence-corrected chi connectivity index (χ1v) is 20.8. The van der Waals surface area contributed by atoms with E-state index in [-0.39, 0.29) is 5.41 Å². The Morgan fingerprint density at radius 1 is 0.411 bits per heavy atom. The van der Waals surface area contributed by atoms with Crippen LogP contribution in [0.4, 0.5) is 17.1 Å². The van der Waals surface area contributed by atoms with Crippen LogP contribution in [-0.4, -0.2) is 4.57 Å². The Labute approximate surface area is 327 Å². The van der Waals surface area contributed by atoms with Crippen LogP contribution in [0.3, 0.4) is 0 Å². The van der Waals surface area contributed by atoms with Crippen LogP contribution >= 0.6 is 0 Å². The highest BCUT2D eigenvalue weighted by Gasteiger charge is 2.61. The number of benzene rings is 8. The van der Waals surface area contributed by atoms with Gasteiger partial charge in [-0.2, -0.15) is 0 Å². The molecule has 1 aromatic heterocycles. The zero-order valence-electron chi connectivity index (χ0n) is 31.4. The first-order chi connectivity index (χ1) is 27.7. The van der Waals surface area contributed by atoms with Gasteiger partial charge < -0.3 is 9.47 Å². The molecule has 0 aliphatic heterocycles. The maximum atomic E-state index is 2.56. The molecule has 0 amide bonds. The molecule has 9 aromatic rings. The zero-order chi connectivity index (χ0) is 36.5. The number of nitrogens with zero attached hydrogens (tertiary/aromatic N) is 2. The molecule has 4 fully saturated rings. The molecule has 5 aliphatic rings. The predicted molar refractivity (Wildman–Crippen MR) is 234 cm³/mol. The van der Waals surface area contributed by atoms with E-state index in [9.17, 15) is 0 Å². The molecule has 268 valence electrons. The summed E-state index contributed by atoms with van der Waals surface area (Å²) in [5.41, 5.74) is 13.5. The van der Waals surface area contributed by atoms with E-state index in [0.29, 0.717) is 0 Å². The average molecular weight is 719 g/mol. The molecule has 0 N–H and O–H groups in total. The number of rotatable bonds is 4. The van der Waals surface area contributed by atoms with Crippen LogP contribution in [0.15, 0.2) is 170 Å². The minimum atomic E-state index is 0.158. The van der Waals surface area contributed by atoms with E-state index < -0.39 is 0 Å². The van der Waals surface area contributed by atoms with Gasteiger partial charge in [0.15, 0.2) is 0 Å². The maximum Gasteiger partial charge on any atom is 0.0542 e. The summed E-state index contributed by atoms with van der Waals surface area (Å²) < 4.78 is 2.41. The van der Waals surface area contributed by atoms with Crippen LogP contribution in [0.5, 0.6) is 0 Å². The van der Waals surface area contributed by atoms with Gasteiger partial charge in [0.1, 0.15) is 0 Å². The number of hydrogen-bond acceptors (Lipinski definition) is 1. The standard InChI is InChI=1S/C54H42N2/c1-2-11-40(12-3-1)56-52-17-9-7-15-47(52)49-33-43(22-25-53(49)56)55(41-20-23-45-37(31-41)19-18-36-10-4-5-13-44(36)45)42-21-24-51-48(32-42)46-14-6-8-16-50(46)54(51)38-27-34-26-35(29-38)30-39(54)28-34/h1-25,31-35,38-39H,26-30H2. The van der Waals surface area contributed by atoms with Gasteiger partial charge in [-0.3, -0.25) is 0 Å². The van der Waals surface area contributed by atoms with Crippen molar-refractivity contribution >= 4 is 60.4 Å². The third-order valence-corrected chi connectivity index (χ3v) is 14.7. The highest BCUT2D eigenvalue weighted by Crippen LogP contribution is 2.69. The number of aromatic nitrogens is 1. The van der Waals surface area contributed by atoms with Gasteiger partial charge in [-0.15, -0.1) is 0 Å². The largest absolute Gasteiger partial charge is 0.310 e. The molecule has 0 radical (unpaired) electrons. The fourth-order valence-electron chi connectivity index (χ4n) is 12.8. The van der Waals surface area contributed by atoms with Crippen LogP contribution in [0.2, 0.25) is 0 Å². The smallest absolute Gasteiger partial charge is 0.0542 e. The Balaban J connectivity index is 1.04. The summed E-state index contributed by atoms with van der Waals surface area (Å²) >= 11 is 0. The third kappa shape index (κ3) is 4.17. The van der Waals surface area contributed by atoms with Gasteiger partial charge >= 0.3 is 0 Å². The number of anilines is 3. The van der Waals surface area contributed by atoms with Gasteiger partial charge in [0.2, 0.25) is 0 Å². The third-order valence-electron chi connectivity index (χ3n) is 14.7. The summed E-state index contributed by atoms with van der Waals surface area (Å²) in [6.45, 7) is 0. The quantitative estimate of drug-likeness (QED) is 0.165. The van der Waals surface area contributed by atoms with E-state index in [1.165, 1.54) is 109 Å². The van der Waals surface area contributed by atoms with Crippen LogP contribution in [0.1, 0.15) is 43.2 Å². The van der Waals surface area contributed by atoms with Crippen LogP contribution in [0.25, 0.3) is 60.2 Å². The van der Waals surface area contributed by atoms with Crippen molar-refractivity contribution in [3.63, 3.8) is 0 Å². The lowest BCUT2D eigenvalue weighted by Crippen LogP contribution is -2.55. The Morgan fingerprint density at radius 3 is 1.88 bits per heavy atom. The van der Waals surface area contributed by atoms with Crippen molar-refractivity contribution in [1.82, 2.24) is 4.57 Å². The van der Waals surface area contributed by atoms with Gasteiger partial charge in [0, 0.05) is 38.9 Å². The van der Waals surface area contributed by atoms with E-state index in [1.54, 1.807) is 11.1 Å². The lowest BCUT2D eigenvalue weighted by Gasteiger charge is -2.61. The minimum Gasteiger partial charge on any atom is -0.310 e. The fourth-order valence-corrected chi connectivity index (χ4v) is 12.8. The van der Waals surface area contributed by atoms with Gasteiger partial charge in [-0.05, 0) is 160 Å². The van der Waals surface area contributed by atoms with Gasteiger partial charge in [0.25, 0.3) is 0 Å². The lowest BCUT2D eigenvalue weighted by atomic mass is 9.43. The van der Waals surface area contributed by atoms with E-state index in [0.717, 1.165) is 23.7 Å². The molecular weight excluding hydrogens is 677 g/mol. The van der Waals surface area contributed by atoms with Gasteiger partial charge in [0.05, 0.1) is 11.0 Å². The van der Waals surface area contributed by atoms with E-state index in [2.05, 4.69) is 179 Å². The van der Waals surface area contributed by atoms with Crippen molar-refractivity contribution < 1.29 is 0 Å². The number of fused-ring (bicyclic) bond motifs is 9. The Bertz CT molecular complexity index is 3030. The molecule has 1 heterocycles. The normalized spacial score (nSPS) is 23.1. The molecule has 1 spiro atoms. The van der Waals surface area contributed by atoms with Crippen molar-refractivity contribution in [2.45, 2.75) is 37.5 Å². The summed E-state index contributed by atoms with van der Waals surface area (Å²) in [5, 5.41) is 7.66. The van der Waals surface area contributed by atoms with Gasteiger partial charge in [-0.25, -0.2) is 0 Å². The molecule has 14 rings (SSSR count). The van der Waals surface area contributed by atoms with Crippen LogP contribution in [-0.2, 0) is 5.41 Å². The van der Waals surface area contributed by atoms with Crippen molar-refractivity contribution in [2.24, 2.45) is 23.7 Å². The second-order valence-corrected chi connectivity index (χ2v) is 17.4. The second-order valence-electron chi connectivity index (χ2n) is 17.4. The monoisotopic (exact) mass is 718 g/mol. The Morgan fingerprint density at radius 2 is 1.02 bits per heavy atom. The van der Waals surface area contributed by atoms with Gasteiger partial charge in [-0.1, -0.05) is 109 Å². The SMILES string of the molecule is c1ccc(-n2c3ccccc3c3cc(N(c4ccc5c(c4)-c4ccccc4C54C5CC6CC(C5)CC4C6)c4ccc5c(ccc6ccccc65)c4)ccc32)cc1. The summed E-state index contributed by atoms with van der Waals surface area (Å²) in [7, 11) is 0. The highest BCUT2D eigenvalue weighted by molar-refractivity contribution is 6.11. The zero-order valence-corrected chi connectivity index (χ0v) is 31.4. The summed E-state index contributed by atoms with van der Waals surface area (Å²) in [6, 6.07) is 64.3. The topological polar surface area (TPSA) is 8.17 Å². The molecule has 56 heavy (non-hydrogen) atoms. The van der Waals surface area contributed by atoms with Crippen molar-refractivity contribution in [2.75, 3.05) is 4.90 Å². The van der Waals surface area contributed by atoms with Crippen LogP contribution < -0.4 is 4.90 Å². The van der Waals surface area contributed by atoms with E-state index in [1.807, 2.05) is 0 Å². The molecule has 4 saturated carbocycles.